The predicted octanol–water partition coefficient (Wildman–Crippen LogP) is 5.60. The molecule has 38 heavy (non-hydrogen) atoms. The van der Waals surface area contributed by atoms with Crippen molar-refractivity contribution in [1.82, 2.24) is 24.8 Å². The number of aromatic nitrogens is 2. The highest BCUT2D eigenvalue weighted by Crippen LogP contribution is 2.35. The summed E-state index contributed by atoms with van der Waals surface area (Å²) in [4.78, 5) is 28.5. The van der Waals surface area contributed by atoms with Crippen molar-refractivity contribution in [2.24, 2.45) is 5.92 Å². The molecule has 1 aliphatic carbocycles. The Morgan fingerprint density at radius 2 is 1.92 bits per heavy atom. The van der Waals surface area contributed by atoms with Gasteiger partial charge in [0.1, 0.15) is 0 Å². The van der Waals surface area contributed by atoms with Crippen molar-refractivity contribution < 1.29 is 9.63 Å². The smallest absolute Gasteiger partial charge is 0.277 e. The number of unbranched alkanes of at least 4 members (excludes halogenated alkanes) is 1. The fourth-order valence-electron chi connectivity index (χ4n) is 4.86. The van der Waals surface area contributed by atoms with E-state index in [1.165, 1.54) is 0 Å². The number of carbonyl (C=O) groups excluding carboxylic acids is 1. The quantitative estimate of drug-likeness (QED) is 0.220. The fourth-order valence-corrected chi connectivity index (χ4v) is 5.58. The van der Waals surface area contributed by atoms with Gasteiger partial charge in [-0.05, 0) is 76.4 Å². The first-order chi connectivity index (χ1) is 18.4. The third-order valence-corrected chi connectivity index (χ3v) is 8.30. The molecule has 2 aromatic carbocycles. The average molecular weight is 604 g/mol. The van der Waals surface area contributed by atoms with Crippen LogP contribution in [-0.2, 0) is 11.4 Å². The highest BCUT2D eigenvalue weighted by Gasteiger charge is 2.24. The molecule has 204 valence electrons. The van der Waals surface area contributed by atoms with Crippen molar-refractivity contribution in [2.45, 2.75) is 39.2 Å². The third kappa shape index (κ3) is 6.69. The van der Waals surface area contributed by atoms with Gasteiger partial charge in [-0.1, -0.05) is 27.5 Å². The van der Waals surface area contributed by atoms with Crippen LogP contribution in [-0.4, -0.2) is 71.6 Å². The number of nitrogens with one attached hydrogen (secondary N) is 2. The lowest BCUT2D eigenvalue weighted by molar-refractivity contribution is 0.0271. The molecular formula is C28H36BrClN6O2. The van der Waals surface area contributed by atoms with Gasteiger partial charge in [0.25, 0.3) is 5.91 Å². The summed E-state index contributed by atoms with van der Waals surface area (Å²) in [5, 5.41) is 3.95. The van der Waals surface area contributed by atoms with Gasteiger partial charge in [0, 0.05) is 42.8 Å². The maximum absolute atomic E-state index is 13.3. The number of aryl methyl sites for hydroxylation is 2. The number of hydroxylamine groups is 1. The van der Waals surface area contributed by atoms with E-state index in [0.29, 0.717) is 34.5 Å². The molecule has 2 aliphatic rings. The minimum absolute atomic E-state index is 0.283. The Morgan fingerprint density at radius 3 is 2.66 bits per heavy atom. The number of anilines is 2. The van der Waals surface area contributed by atoms with Crippen LogP contribution in [0.1, 0.15) is 41.6 Å². The maximum atomic E-state index is 13.3. The Labute approximate surface area is 237 Å². The normalized spacial score (nSPS) is 16.7. The van der Waals surface area contributed by atoms with Crippen LogP contribution in [0.3, 0.4) is 0 Å². The van der Waals surface area contributed by atoms with Crippen LogP contribution in [0, 0.1) is 12.8 Å². The van der Waals surface area contributed by atoms with Crippen LogP contribution in [0.4, 0.5) is 11.4 Å². The van der Waals surface area contributed by atoms with Gasteiger partial charge in [0.05, 0.1) is 45.9 Å². The van der Waals surface area contributed by atoms with Crippen molar-refractivity contribution >= 4 is 55.8 Å². The van der Waals surface area contributed by atoms with Crippen LogP contribution in [0.25, 0.3) is 11.0 Å². The van der Waals surface area contributed by atoms with Crippen LogP contribution < -0.4 is 10.8 Å². The Kier molecular flexibility index (Phi) is 8.90. The molecule has 1 saturated carbocycles. The Balaban J connectivity index is 1.35. The van der Waals surface area contributed by atoms with Crippen molar-refractivity contribution in [3.05, 3.63) is 51.2 Å². The molecule has 0 atom stereocenters. The SMILES string of the molecule is Cc1c(Nc2ccc(Br)cc2Cl)c(C(=O)NOCC2CC2)cc2c1ncn2CCCCN1CCN(C)CC1. The molecule has 8 nitrogen and oxygen atoms in total. The largest absolute Gasteiger partial charge is 0.353 e. The Bertz CT molecular complexity index is 1290. The summed E-state index contributed by atoms with van der Waals surface area (Å²) < 4.78 is 3.04. The highest BCUT2D eigenvalue weighted by molar-refractivity contribution is 9.10. The average Bonchev–Trinajstić information content (AvgIpc) is 3.63. The molecule has 3 aromatic rings. The molecule has 0 radical (unpaired) electrons. The molecule has 0 spiro atoms. The molecule has 1 amide bonds. The van der Waals surface area contributed by atoms with E-state index in [2.05, 4.69) is 48.1 Å². The minimum Gasteiger partial charge on any atom is -0.353 e. The van der Waals surface area contributed by atoms with Crippen LogP contribution in [0.15, 0.2) is 35.1 Å². The lowest BCUT2D eigenvalue weighted by atomic mass is 10.0. The van der Waals surface area contributed by atoms with Gasteiger partial charge >= 0.3 is 0 Å². The van der Waals surface area contributed by atoms with Gasteiger partial charge in [-0.25, -0.2) is 10.5 Å². The van der Waals surface area contributed by atoms with Crippen molar-refractivity contribution in [3.8, 4) is 0 Å². The van der Waals surface area contributed by atoms with Crippen molar-refractivity contribution in [3.63, 3.8) is 0 Å². The number of halogens is 2. The number of benzene rings is 2. The van der Waals surface area contributed by atoms with E-state index in [1.807, 2.05) is 37.5 Å². The zero-order chi connectivity index (χ0) is 26.6. The summed E-state index contributed by atoms with van der Waals surface area (Å²) >= 11 is 9.96. The van der Waals surface area contributed by atoms with Crippen LogP contribution in [0.2, 0.25) is 5.02 Å². The molecule has 2 heterocycles. The lowest BCUT2D eigenvalue weighted by Gasteiger charge is -2.32. The van der Waals surface area contributed by atoms with Crippen molar-refractivity contribution in [2.75, 3.05) is 51.7 Å². The topological polar surface area (TPSA) is 74.7 Å². The summed E-state index contributed by atoms with van der Waals surface area (Å²) in [5.41, 5.74) is 7.26. The zero-order valence-corrected chi connectivity index (χ0v) is 24.4. The second-order valence-corrected chi connectivity index (χ2v) is 11.8. The summed E-state index contributed by atoms with van der Waals surface area (Å²) in [6.07, 6.45) is 6.38. The van der Waals surface area contributed by atoms with E-state index in [-0.39, 0.29) is 5.91 Å². The number of fused-ring (bicyclic) bond motifs is 1. The Morgan fingerprint density at radius 1 is 1.16 bits per heavy atom. The Hall–Kier alpha value is -2.17. The van der Waals surface area contributed by atoms with E-state index in [4.69, 9.17) is 21.4 Å². The summed E-state index contributed by atoms with van der Waals surface area (Å²) in [7, 11) is 2.19. The van der Waals surface area contributed by atoms with Gasteiger partial charge < -0.3 is 19.7 Å². The van der Waals surface area contributed by atoms with E-state index >= 15 is 0 Å². The van der Waals surface area contributed by atoms with Gasteiger partial charge in [-0.15, -0.1) is 0 Å². The molecule has 1 aliphatic heterocycles. The van der Waals surface area contributed by atoms with E-state index in [9.17, 15) is 4.79 Å². The van der Waals surface area contributed by atoms with E-state index in [0.717, 1.165) is 86.0 Å². The number of imidazole rings is 1. The molecule has 1 saturated heterocycles. The third-order valence-electron chi connectivity index (χ3n) is 7.49. The number of carbonyl (C=O) groups is 1. The van der Waals surface area contributed by atoms with Gasteiger partial charge in [0.15, 0.2) is 0 Å². The van der Waals surface area contributed by atoms with Gasteiger partial charge in [0.2, 0.25) is 0 Å². The molecule has 1 aromatic heterocycles. The minimum atomic E-state index is -0.283. The van der Waals surface area contributed by atoms with Crippen LogP contribution in [0.5, 0.6) is 0 Å². The number of rotatable bonds is 11. The first-order valence-electron chi connectivity index (χ1n) is 13.4. The predicted molar refractivity (Wildman–Crippen MR) is 156 cm³/mol. The molecule has 2 fully saturated rings. The van der Waals surface area contributed by atoms with Crippen LogP contribution >= 0.6 is 27.5 Å². The number of nitrogens with zero attached hydrogens (tertiary/aromatic N) is 4. The highest BCUT2D eigenvalue weighted by atomic mass is 79.9. The van der Waals surface area contributed by atoms with E-state index < -0.39 is 0 Å². The first kappa shape index (κ1) is 27.4. The van der Waals surface area contributed by atoms with Crippen molar-refractivity contribution in [1.29, 1.82) is 0 Å². The monoisotopic (exact) mass is 602 g/mol. The molecule has 2 N–H and O–H groups in total. The number of amides is 1. The number of hydrogen-bond acceptors (Lipinski definition) is 6. The molecule has 0 unspecified atom stereocenters. The lowest BCUT2D eigenvalue weighted by Crippen LogP contribution is -2.44. The zero-order valence-electron chi connectivity index (χ0n) is 22.1. The summed E-state index contributed by atoms with van der Waals surface area (Å²) in [5.74, 6) is 0.264. The summed E-state index contributed by atoms with van der Waals surface area (Å²) in [6, 6.07) is 7.55. The number of hydrogen-bond donors (Lipinski definition) is 2. The first-order valence-corrected chi connectivity index (χ1v) is 14.6. The van der Waals surface area contributed by atoms with Gasteiger partial charge in [-0.3, -0.25) is 9.63 Å². The molecule has 10 heteroatoms. The second-order valence-electron chi connectivity index (χ2n) is 10.5. The summed E-state index contributed by atoms with van der Waals surface area (Å²) in [6.45, 7) is 9.07. The number of piperazine rings is 1. The maximum Gasteiger partial charge on any atom is 0.277 e. The molecular weight excluding hydrogens is 568 g/mol. The fraction of sp³-hybridized carbons (Fsp3) is 0.500. The van der Waals surface area contributed by atoms with Gasteiger partial charge in [-0.2, -0.15) is 0 Å². The second kappa shape index (κ2) is 12.3. The number of likely N-dealkylation sites (N-methyl/N-ethyl adjacent to an activating group) is 1. The molecule has 5 rings (SSSR count). The van der Waals surface area contributed by atoms with E-state index in [1.54, 1.807) is 0 Å². The molecule has 0 bridgehead atoms. The standard InChI is InChI=1S/C28H36BrClN6O2/c1-19-26(32-24-8-7-21(29)15-23(24)30)22(28(37)33-38-17-20-5-6-20)16-25-27(19)31-18-36(25)10-4-3-9-35-13-11-34(2)12-14-35/h7-8,15-16,18,20,32H,3-6,9-14,17H2,1-2H3,(H,33,37).